The van der Waals surface area contributed by atoms with E-state index >= 15 is 0 Å². The van der Waals surface area contributed by atoms with E-state index in [-0.39, 0.29) is 39.7 Å². The van der Waals surface area contributed by atoms with Gasteiger partial charge in [-0.1, -0.05) is 122 Å². The number of carbonyl (C=O) groups excluding carboxylic acids is 2. The van der Waals surface area contributed by atoms with Crippen molar-refractivity contribution in [2.45, 2.75) is 142 Å². The number of aliphatic hydroxyl groups excluding tert-OH is 2. The fourth-order valence-electron chi connectivity index (χ4n) is 8.12. The molecule has 66 heavy (non-hydrogen) atoms. The summed E-state index contributed by atoms with van der Waals surface area (Å²) in [6.45, 7) is 11.1. The van der Waals surface area contributed by atoms with Gasteiger partial charge < -0.3 is 40.1 Å². The lowest BCUT2D eigenvalue weighted by atomic mass is 9.72. The number of unbranched alkanes of at least 4 members (excludes halogenated alkanes) is 12. The number of rotatable bonds is 28. The molecular weight excluding hydrogens is 833 g/mol. The van der Waals surface area contributed by atoms with Crippen molar-refractivity contribution in [2.75, 3.05) is 26.4 Å². The molecule has 0 radical (unpaired) electrons. The highest BCUT2D eigenvalue weighted by molar-refractivity contribution is 6.47. The molecule has 2 aliphatic rings. The highest BCUT2D eigenvalue weighted by Gasteiger charge is 2.46. The quantitative estimate of drug-likeness (QED) is 0.0138. The first-order valence-corrected chi connectivity index (χ1v) is 24.5. The molecule has 3 aromatic rings. The van der Waals surface area contributed by atoms with Crippen molar-refractivity contribution in [2.24, 2.45) is 0 Å². The summed E-state index contributed by atoms with van der Waals surface area (Å²) in [5, 5.41) is 67.2. The number of phenols is 4. The zero-order valence-corrected chi connectivity index (χ0v) is 39.7. The van der Waals surface area contributed by atoms with E-state index in [1.54, 1.807) is 12.2 Å². The van der Waals surface area contributed by atoms with Gasteiger partial charge in [0.15, 0.2) is 11.5 Å². The van der Waals surface area contributed by atoms with E-state index in [2.05, 4.69) is 27.7 Å². The van der Waals surface area contributed by atoms with Gasteiger partial charge in [-0.3, -0.25) is 0 Å². The van der Waals surface area contributed by atoms with Crippen molar-refractivity contribution in [3.63, 3.8) is 0 Å². The Bertz CT molecular complexity index is 2210. The first-order valence-electron chi connectivity index (χ1n) is 24.5. The van der Waals surface area contributed by atoms with Crippen molar-refractivity contribution in [1.29, 1.82) is 0 Å². The Hall–Kier alpha value is -5.74. The van der Waals surface area contributed by atoms with Crippen LogP contribution in [0, 0.1) is 0 Å². The summed E-state index contributed by atoms with van der Waals surface area (Å²) in [6.07, 6.45) is 29.0. The molecule has 0 fully saturated rings. The summed E-state index contributed by atoms with van der Waals surface area (Å²) in [4.78, 5) is 0. The third-order valence-electron chi connectivity index (χ3n) is 11.9. The SMILES string of the molecule is CCCCCCOc1ccc(/C=C/c2cc(O)c(C3=C(O)C(c4c(O)cc(/C=C/C5=CC(=[O+]CCCCCC)C(=[O+]CCCCCC)C=C5)cc4O)C3O)c(O)c2)cc1OCCCCCC. The summed E-state index contributed by atoms with van der Waals surface area (Å²) in [5.74, 6) is -0.258. The summed E-state index contributed by atoms with van der Waals surface area (Å²) < 4.78 is 24.5. The van der Waals surface area contributed by atoms with Gasteiger partial charge in [-0.05, 0) is 90.4 Å². The molecule has 10 nitrogen and oxygen atoms in total. The monoisotopic (exact) mass is 907 g/mol. The third-order valence-corrected chi connectivity index (χ3v) is 11.9. The van der Waals surface area contributed by atoms with Crippen molar-refractivity contribution >= 4 is 35.4 Å². The lowest BCUT2D eigenvalue weighted by Crippen LogP contribution is -2.33. The molecule has 0 saturated heterocycles. The molecule has 0 amide bonds. The van der Waals surface area contributed by atoms with Gasteiger partial charge in [0.05, 0.1) is 43.0 Å². The van der Waals surface area contributed by atoms with E-state index in [0.717, 1.165) is 101 Å². The predicted molar refractivity (Wildman–Crippen MR) is 267 cm³/mol. The summed E-state index contributed by atoms with van der Waals surface area (Å²) >= 11 is 0. The smallest absolute Gasteiger partial charge is 0.445 e. The molecule has 0 aromatic heterocycles. The number of hydrogen-bond donors (Lipinski definition) is 6. The van der Waals surface area contributed by atoms with E-state index in [9.17, 15) is 30.6 Å². The van der Waals surface area contributed by atoms with E-state index < -0.39 is 17.8 Å². The van der Waals surface area contributed by atoms with Crippen LogP contribution in [0.5, 0.6) is 34.5 Å². The van der Waals surface area contributed by atoms with Crippen LogP contribution in [0.2, 0.25) is 0 Å². The number of hydrogen-bond acceptors (Lipinski definition) is 8. The van der Waals surface area contributed by atoms with Crippen LogP contribution < -0.4 is 9.47 Å². The molecule has 0 heterocycles. The largest absolute Gasteiger partial charge is 0.511 e. The topological polar surface area (TPSA) is 162 Å². The maximum Gasteiger partial charge on any atom is 0.445 e. The number of phenolic OH excluding ortho intramolecular Hbond substituents is 4. The second-order valence-electron chi connectivity index (χ2n) is 17.3. The highest BCUT2D eigenvalue weighted by Crippen LogP contribution is 2.54. The van der Waals surface area contributed by atoms with Crippen molar-refractivity contribution in [3.8, 4) is 34.5 Å². The van der Waals surface area contributed by atoms with Crippen LogP contribution in [0.3, 0.4) is 0 Å². The Morgan fingerprint density at radius 3 is 1.58 bits per heavy atom. The molecule has 2 atom stereocenters. The van der Waals surface area contributed by atoms with E-state index in [0.29, 0.717) is 60.6 Å². The third kappa shape index (κ3) is 14.6. The van der Waals surface area contributed by atoms with Gasteiger partial charge in [0.25, 0.3) is 13.2 Å². The van der Waals surface area contributed by atoms with E-state index in [1.165, 1.54) is 37.1 Å². The first-order chi connectivity index (χ1) is 32.1. The molecule has 0 spiro atoms. The van der Waals surface area contributed by atoms with Gasteiger partial charge >= 0.3 is 11.6 Å². The van der Waals surface area contributed by atoms with Crippen LogP contribution in [-0.4, -0.2) is 74.7 Å². The Morgan fingerprint density at radius 2 is 1.02 bits per heavy atom. The lowest BCUT2D eigenvalue weighted by molar-refractivity contribution is -0.471. The molecule has 10 heteroatoms. The fourth-order valence-corrected chi connectivity index (χ4v) is 8.12. The second kappa shape index (κ2) is 27.0. The number of aromatic hydroxyl groups is 4. The van der Waals surface area contributed by atoms with Gasteiger partial charge in [0, 0.05) is 24.0 Å². The molecule has 0 saturated carbocycles. The molecule has 5 rings (SSSR count). The molecule has 2 unspecified atom stereocenters. The van der Waals surface area contributed by atoms with Crippen LogP contribution in [0.4, 0.5) is 0 Å². The lowest BCUT2D eigenvalue weighted by Gasteiger charge is -2.36. The second-order valence-corrected chi connectivity index (χ2v) is 17.3. The van der Waals surface area contributed by atoms with Crippen LogP contribution in [0.1, 0.15) is 164 Å². The molecule has 356 valence electrons. The van der Waals surface area contributed by atoms with Crippen LogP contribution in [-0.2, 0) is 8.85 Å². The number of aliphatic hydroxyl groups is 2. The van der Waals surface area contributed by atoms with Crippen LogP contribution >= 0.6 is 0 Å². The highest BCUT2D eigenvalue weighted by atomic mass is 16.5. The maximum absolute atomic E-state index is 11.3. The van der Waals surface area contributed by atoms with Gasteiger partial charge in [-0.25, -0.2) is 8.85 Å². The fraction of sp³-hybridized carbons (Fsp3) is 0.464. The van der Waals surface area contributed by atoms with Gasteiger partial charge in [-0.15, -0.1) is 0 Å². The van der Waals surface area contributed by atoms with Crippen molar-refractivity contribution < 1.29 is 49.0 Å². The van der Waals surface area contributed by atoms with E-state index in [4.69, 9.17) is 18.3 Å². The average Bonchev–Trinajstić information content (AvgIpc) is 3.30. The zero-order chi connectivity index (χ0) is 47.3. The Labute approximate surface area is 392 Å². The predicted octanol–water partition coefficient (Wildman–Crippen LogP) is 12.9. The van der Waals surface area contributed by atoms with Crippen LogP contribution in [0.15, 0.2) is 78.1 Å². The minimum absolute atomic E-state index is 0.0733. The standard InChI is InChI=1S/C56H72O10/c1-5-9-13-17-29-63-47-27-25-39(37-49(47)65-31-19-15-11-7-3)21-23-41-33-43(57)51(44(58)34-41)53-55(61)54(56(53)62)52-45(59)35-42(36-46(52)60)24-22-40-26-28-48(64-30-18-14-10-6-2)50(38-40)66-32-20-16-12-8-4/h21-28,33-38,53,55,61H,5-20,29-32H2,1-4H3,(H3-2,57,58,59,60,62)/p+2/b23-21+,24-22+. The Balaban J connectivity index is 1.29. The first kappa shape index (κ1) is 51.2. The van der Waals surface area contributed by atoms with Gasteiger partial charge in [-0.2, -0.15) is 0 Å². The Morgan fingerprint density at radius 1 is 0.515 bits per heavy atom. The molecular formula is C56H74O10+2. The molecule has 0 aliphatic heterocycles. The minimum Gasteiger partial charge on any atom is -0.511 e. The zero-order valence-electron chi connectivity index (χ0n) is 39.7. The summed E-state index contributed by atoms with van der Waals surface area (Å²) in [6, 6.07) is 11.5. The number of ether oxygens (including phenoxy) is 2. The summed E-state index contributed by atoms with van der Waals surface area (Å²) in [7, 11) is 0. The molecule has 2 aliphatic carbocycles. The van der Waals surface area contributed by atoms with Crippen molar-refractivity contribution in [1.82, 2.24) is 0 Å². The summed E-state index contributed by atoms with van der Waals surface area (Å²) in [5.41, 5.74) is 2.32. The normalized spacial score (nSPS) is 17.4. The number of benzene rings is 3. The van der Waals surface area contributed by atoms with Gasteiger partial charge in [0.2, 0.25) is 0 Å². The molecule has 6 N–H and O–H groups in total. The number of allylic oxidation sites excluding steroid dienone is 5. The van der Waals surface area contributed by atoms with Crippen molar-refractivity contribution in [3.05, 3.63) is 106 Å². The average molecular weight is 907 g/mol. The van der Waals surface area contributed by atoms with Gasteiger partial charge in [0.1, 0.15) is 28.8 Å². The maximum atomic E-state index is 11.3. The molecule has 0 bridgehead atoms. The Kier molecular flexibility index (Phi) is 21.0. The number of ketones is 2. The van der Waals surface area contributed by atoms with E-state index in [1.807, 2.05) is 48.6 Å². The van der Waals surface area contributed by atoms with Crippen LogP contribution in [0.25, 0.3) is 23.8 Å². The minimum atomic E-state index is -1.46. The molecule has 3 aromatic carbocycles.